The minimum absolute atomic E-state index is 0.0642. The van der Waals surface area contributed by atoms with E-state index in [2.05, 4.69) is 15.4 Å². The van der Waals surface area contributed by atoms with E-state index in [-0.39, 0.29) is 10.7 Å². The quantitative estimate of drug-likeness (QED) is 0.287. The minimum atomic E-state index is -3.93. The van der Waals surface area contributed by atoms with Crippen molar-refractivity contribution in [1.29, 1.82) is 0 Å². The maximum atomic E-state index is 13.3. The molecule has 0 fully saturated rings. The predicted octanol–water partition coefficient (Wildman–Crippen LogP) is 6.55. The molecule has 8 heteroatoms. The largest absolute Gasteiger partial charge is 0.323 e. The van der Waals surface area contributed by atoms with Crippen LogP contribution < -0.4 is 15.4 Å². The summed E-state index contributed by atoms with van der Waals surface area (Å²) >= 11 is 0. The highest BCUT2D eigenvalue weighted by Gasteiger charge is 2.17. The lowest BCUT2D eigenvalue weighted by molar-refractivity contribution is 0.262. The second-order valence-electron chi connectivity index (χ2n) is 8.06. The first-order valence-corrected chi connectivity index (χ1v) is 12.3. The summed E-state index contributed by atoms with van der Waals surface area (Å²) in [4.78, 5) is 12.5. The monoisotopic (exact) mass is 489 g/mol. The third kappa shape index (κ3) is 5.85. The molecule has 0 aliphatic rings. The topological polar surface area (TPSA) is 87.3 Å². The Morgan fingerprint density at radius 2 is 1.43 bits per heavy atom. The van der Waals surface area contributed by atoms with Crippen molar-refractivity contribution in [3.8, 4) is 11.1 Å². The first-order valence-electron chi connectivity index (χ1n) is 10.8. The lowest BCUT2D eigenvalue weighted by Gasteiger charge is -2.14. The molecule has 0 spiro atoms. The molecule has 2 amide bonds. The molecule has 0 aliphatic heterocycles. The van der Waals surface area contributed by atoms with Gasteiger partial charge < -0.3 is 10.6 Å². The van der Waals surface area contributed by atoms with Gasteiger partial charge in [-0.2, -0.15) is 0 Å². The van der Waals surface area contributed by atoms with Gasteiger partial charge in [-0.15, -0.1) is 0 Å². The number of aryl methyl sites for hydroxylation is 2. The maximum Gasteiger partial charge on any atom is 0.323 e. The van der Waals surface area contributed by atoms with Crippen molar-refractivity contribution >= 4 is 33.1 Å². The lowest BCUT2D eigenvalue weighted by atomic mass is 10.1. The first-order chi connectivity index (χ1) is 16.7. The van der Waals surface area contributed by atoms with Crippen LogP contribution in [0.2, 0.25) is 0 Å². The normalized spacial score (nSPS) is 11.1. The van der Waals surface area contributed by atoms with E-state index in [0.717, 1.165) is 5.56 Å². The van der Waals surface area contributed by atoms with E-state index in [0.29, 0.717) is 33.8 Å². The van der Waals surface area contributed by atoms with Crippen LogP contribution in [0.4, 0.5) is 26.2 Å². The Morgan fingerprint density at radius 3 is 2.17 bits per heavy atom. The molecule has 4 aromatic carbocycles. The average Bonchev–Trinajstić information content (AvgIpc) is 2.83. The molecule has 4 aromatic rings. The molecule has 0 atom stereocenters. The van der Waals surface area contributed by atoms with E-state index in [9.17, 15) is 17.6 Å². The van der Waals surface area contributed by atoms with E-state index in [1.807, 2.05) is 25.1 Å². The van der Waals surface area contributed by atoms with E-state index in [4.69, 9.17) is 0 Å². The molecule has 178 valence electrons. The van der Waals surface area contributed by atoms with Gasteiger partial charge in [0.15, 0.2) is 0 Å². The number of amides is 2. The Labute approximate surface area is 203 Å². The second-order valence-corrected chi connectivity index (χ2v) is 9.75. The van der Waals surface area contributed by atoms with Crippen molar-refractivity contribution in [3.05, 3.63) is 108 Å². The minimum Gasteiger partial charge on any atom is -0.308 e. The molecule has 0 aliphatic carbocycles. The molecule has 4 rings (SSSR count). The molecule has 6 nitrogen and oxygen atoms in total. The third-order valence-corrected chi connectivity index (χ3v) is 6.82. The summed E-state index contributed by atoms with van der Waals surface area (Å²) < 4.78 is 42.1. The first kappa shape index (κ1) is 24.0. The number of carbonyl (C=O) groups is 1. The number of urea groups is 1. The smallest absolute Gasteiger partial charge is 0.308 e. The van der Waals surface area contributed by atoms with Crippen LogP contribution in [0, 0.1) is 19.7 Å². The van der Waals surface area contributed by atoms with Gasteiger partial charge in [0.25, 0.3) is 10.0 Å². The number of sulfonamides is 1. The van der Waals surface area contributed by atoms with Crippen LogP contribution >= 0.6 is 0 Å². The summed E-state index contributed by atoms with van der Waals surface area (Å²) in [6, 6.07) is 24.2. The van der Waals surface area contributed by atoms with Gasteiger partial charge in [0.05, 0.1) is 10.6 Å². The molecule has 0 aromatic heterocycles. The number of halogens is 1. The van der Waals surface area contributed by atoms with Gasteiger partial charge in [0, 0.05) is 11.4 Å². The standard InChI is InChI=1S/C27H24FN3O3S/c1-18-6-3-4-9-25(18)30-27(32)29-23-15-10-19(2)26(17-23)31-35(33,34)24-8-5-7-21(16-24)20-11-13-22(28)14-12-20/h3-17,31H,1-2H3,(H2,29,30,32). The summed E-state index contributed by atoms with van der Waals surface area (Å²) in [5.74, 6) is -0.365. The number of rotatable bonds is 6. The average molecular weight is 490 g/mol. The van der Waals surface area contributed by atoms with Crippen LogP contribution in [0.15, 0.2) is 95.9 Å². The molecule has 0 unspecified atom stereocenters. The van der Waals surface area contributed by atoms with E-state index < -0.39 is 16.1 Å². The van der Waals surface area contributed by atoms with Crippen molar-refractivity contribution in [2.24, 2.45) is 0 Å². The highest BCUT2D eigenvalue weighted by Crippen LogP contribution is 2.27. The number of benzene rings is 4. The number of para-hydroxylation sites is 1. The van der Waals surface area contributed by atoms with Crippen molar-refractivity contribution in [2.45, 2.75) is 18.7 Å². The second kappa shape index (κ2) is 9.99. The van der Waals surface area contributed by atoms with Crippen LogP contribution in [0.1, 0.15) is 11.1 Å². The number of nitrogens with one attached hydrogen (secondary N) is 3. The summed E-state index contributed by atoms with van der Waals surface area (Å²) in [5.41, 5.74) is 4.40. The van der Waals surface area contributed by atoms with Gasteiger partial charge >= 0.3 is 6.03 Å². The van der Waals surface area contributed by atoms with Crippen LogP contribution in [-0.4, -0.2) is 14.4 Å². The Morgan fingerprint density at radius 1 is 0.714 bits per heavy atom. The molecular weight excluding hydrogens is 465 g/mol. The molecule has 0 radical (unpaired) electrons. The number of hydrogen-bond acceptors (Lipinski definition) is 3. The zero-order valence-electron chi connectivity index (χ0n) is 19.2. The van der Waals surface area contributed by atoms with Gasteiger partial charge in [0.2, 0.25) is 0 Å². The number of anilines is 3. The van der Waals surface area contributed by atoms with Gasteiger partial charge in [0.1, 0.15) is 5.82 Å². The molecule has 0 bridgehead atoms. The molecule has 0 heterocycles. The number of carbonyl (C=O) groups excluding carboxylic acids is 1. The van der Waals surface area contributed by atoms with Crippen LogP contribution in [0.25, 0.3) is 11.1 Å². The summed E-state index contributed by atoms with van der Waals surface area (Å²) in [6.45, 7) is 3.66. The van der Waals surface area contributed by atoms with Crippen LogP contribution in [0.3, 0.4) is 0 Å². The van der Waals surface area contributed by atoms with E-state index >= 15 is 0 Å². The molecule has 0 saturated carbocycles. The van der Waals surface area contributed by atoms with Gasteiger partial charge in [-0.05, 0) is 78.6 Å². The molecular formula is C27H24FN3O3S. The van der Waals surface area contributed by atoms with Gasteiger partial charge in [-0.3, -0.25) is 4.72 Å². The molecule has 3 N–H and O–H groups in total. The zero-order valence-corrected chi connectivity index (χ0v) is 20.0. The van der Waals surface area contributed by atoms with E-state index in [1.165, 1.54) is 24.3 Å². The maximum absolute atomic E-state index is 13.3. The van der Waals surface area contributed by atoms with Crippen molar-refractivity contribution < 1.29 is 17.6 Å². The highest BCUT2D eigenvalue weighted by molar-refractivity contribution is 7.92. The zero-order chi connectivity index (χ0) is 25.0. The Balaban J connectivity index is 1.53. The van der Waals surface area contributed by atoms with Gasteiger partial charge in [-0.25, -0.2) is 17.6 Å². The van der Waals surface area contributed by atoms with Crippen LogP contribution in [-0.2, 0) is 10.0 Å². The van der Waals surface area contributed by atoms with Crippen molar-refractivity contribution in [2.75, 3.05) is 15.4 Å². The Kier molecular flexibility index (Phi) is 6.84. The molecule has 0 saturated heterocycles. The SMILES string of the molecule is Cc1ccccc1NC(=O)Nc1ccc(C)c(NS(=O)(=O)c2cccc(-c3ccc(F)cc3)c2)c1. The fraction of sp³-hybridized carbons (Fsp3) is 0.0741. The summed E-state index contributed by atoms with van der Waals surface area (Å²) in [7, 11) is -3.93. The fourth-order valence-corrected chi connectivity index (χ4v) is 4.66. The van der Waals surface area contributed by atoms with Crippen LogP contribution in [0.5, 0.6) is 0 Å². The van der Waals surface area contributed by atoms with Gasteiger partial charge in [-0.1, -0.05) is 48.5 Å². The fourth-order valence-electron chi connectivity index (χ4n) is 3.50. The lowest BCUT2D eigenvalue weighted by Crippen LogP contribution is -2.20. The van der Waals surface area contributed by atoms with Crippen molar-refractivity contribution in [3.63, 3.8) is 0 Å². The molecule has 35 heavy (non-hydrogen) atoms. The summed E-state index contributed by atoms with van der Waals surface area (Å²) in [5, 5.41) is 5.51. The third-order valence-electron chi connectivity index (χ3n) is 5.45. The van der Waals surface area contributed by atoms with E-state index in [1.54, 1.807) is 55.5 Å². The summed E-state index contributed by atoms with van der Waals surface area (Å²) in [6.07, 6.45) is 0. The number of hydrogen-bond donors (Lipinski definition) is 3. The van der Waals surface area contributed by atoms with Crippen molar-refractivity contribution in [1.82, 2.24) is 0 Å². The Bertz CT molecular complexity index is 1490. The predicted molar refractivity (Wildman–Crippen MR) is 138 cm³/mol. The highest BCUT2D eigenvalue weighted by atomic mass is 32.2. The Hall–Kier alpha value is -4.17.